The summed E-state index contributed by atoms with van der Waals surface area (Å²) in [5.41, 5.74) is 2.98. The predicted molar refractivity (Wildman–Crippen MR) is 108 cm³/mol. The van der Waals surface area contributed by atoms with Crippen molar-refractivity contribution in [2.75, 3.05) is 12.4 Å². The molecule has 0 aliphatic carbocycles. The van der Waals surface area contributed by atoms with Gasteiger partial charge in [-0.15, -0.1) is 11.3 Å². The van der Waals surface area contributed by atoms with Gasteiger partial charge in [0.2, 0.25) is 0 Å². The zero-order valence-corrected chi connectivity index (χ0v) is 15.8. The molecule has 0 aliphatic rings. The fourth-order valence-corrected chi connectivity index (χ4v) is 3.26. The lowest BCUT2D eigenvalue weighted by atomic mass is 10.2. The number of carbonyl (C=O) groups excluding carboxylic acids is 1. The van der Waals surface area contributed by atoms with Crippen LogP contribution in [0.5, 0.6) is 0 Å². The van der Waals surface area contributed by atoms with Crippen LogP contribution in [-0.2, 0) is 4.74 Å². The number of allylic oxidation sites excluding steroid dienone is 1. The van der Waals surface area contributed by atoms with Gasteiger partial charge in [0.1, 0.15) is 16.6 Å². The number of thiazole rings is 1. The average molecular weight is 396 g/mol. The summed E-state index contributed by atoms with van der Waals surface area (Å²) in [5.74, 6) is -0.454. The number of anilines is 1. The number of hydrogen-bond donors (Lipinski definition) is 1. The van der Waals surface area contributed by atoms with E-state index in [1.165, 1.54) is 24.6 Å². The highest BCUT2D eigenvalue weighted by molar-refractivity contribution is 7.11. The van der Waals surface area contributed by atoms with E-state index in [0.717, 1.165) is 11.3 Å². The number of benzene rings is 2. The third-order valence-electron chi connectivity index (χ3n) is 3.70. The molecule has 2 aromatic carbocycles. The number of para-hydroxylation sites is 1. The standard InChI is InChI=1S/C20H14ClN3O2S/c1-26-20(25)16-4-2-3-5-17(16)23-11-14(10-22)19-24-18(12-27-19)13-6-8-15(21)9-7-13/h2-9,11-12,23H,1H3/b14-11+. The zero-order valence-electron chi connectivity index (χ0n) is 14.3. The van der Waals surface area contributed by atoms with Gasteiger partial charge in [0.25, 0.3) is 0 Å². The third-order valence-corrected chi connectivity index (χ3v) is 4.83. The van der Waals surface area contributed by atoms with E-state index in [9.17, 15) is 10.1 Å². The van der Waals surface area contributed by atoms with Crippen molar-refractivity contribution in [2.45, 2.75) is 0 Å². The van der Waals surface area contributed by atoms with Crippen LogP contribution in [0.3, 0.4) is 0 Å². The van der Waals surface area contributed by atoms with Gasteiger partial charge in [-0.05, 0) is 24.3 Å². The number of nitrogens with one attached hydrogen (secondary N) is 1. The number of rotatable bonds is 5. The number of carbonyl (C=O) groups is 1. The summed E-state index contributed by atoms with van der Waals surface area (Å²) in [7, 11) is 1.32. The van der Waals surface area contributed by atoms with E-state index in [0.29, 0.717) is 26.9 Å². The summed E-state index contributed by atoms with van der Waals surface area (Å²) >= 11 is 7.28. The summed E-state index contributed by atoms with van der Waals surface area (Å²) in [6.45, 7) is 0. The Labute approximate surface area is 165 Å². The van der Waals surface area contributed by atoms with E-state index in [1.54, 1.807) is 36.4 Å². The van der Waals surface area contributed by atoms with Crippen molar-refractivity contribution in [2.24, 2.45) is 0 Å². The molecule has 0 saturated heterocycles. The first-order valence-electron chi connectivity index (χ1n) is 7.88. The van der Waals surface area contributed by atoms with Gasteiger partial charge in [-0.1, -0.05) is 35.9 Å². The van der Waals surface area contributed by atoms with Crippen LogP contribution in [0.4, 0.5) is 5.69 Å². The van der Waals surface area contributed by atoms with E-state index in [1.807, 2.05) is 17.5 Å². The Kier molecular flexibility index (Phi) is 5.87. The minimum atomic E-state index is -0.454. The zero-order chi connectivity index (χ0) is 19.2. The quantitative estimate of drug-likeness (QED) is 0.473. The lowest BCUT2D eigenvalue weighted by Crippen LogP contribution is -2.05. The van der Waals surface area contributed by atoms with Crippen molar-refractivity contribution in [1.82, 2.24) is 4.98 Å². The summed E-state index contributed by atoms with van der Waals surface area (Å²) in [5, 5.41) is 15.6. The molecular formula is C20H14ClN3O2S. The van der Waals surface area contributed by atoms with Crippen molar-refractivity contribution in [3.05, 3.63) is 75.7 Å². The van der Waals surface area contributed by atoms with Crippen molar-refractivity contribution < 1.29 is 9.53 Å². The number of esters is 1. The predicted octanol–water partition coefficient (Wildman–Crippen LogP) is 5.23. The maximum Gasteiger partial charge on any atom is 0.339 e. The molecule has 1 N–H and O–H groups in total. The van der Waals surface area contributed by atoms with Gasteiger partial charge in [0, 0.05) is 22.2 Å². The molecule has 3 rings (SSSR count). The van der Waals surface area contributed by atoms with E-state index in [-0.39, 0.29) is 0 Å². The Morgan fingerprint density at radius 1 is 1.26 bits per heavy atom. The summed E-state index contributed by atoms with van der Waals surface area (Å²) in [6.07, 6.45) is 1.53. The van der Waals surface area contributed by atoms with E-state index in [2.05, 4.69) is 16.4 Å². The van der Waals surface area contributed by atoms with Crippen LogP contribution in [0.15, 0.2) is 60.1 Å². The Balaban J connectivity index is 1.85. The molecule has 0 saturated carbocycles. The van der Waals surface area contributed by atoms with Gasteiger partial charge in [0.15, 0.2) is 0 Å². The first-order chi connectivity index (χ1) is 13.1. The Morgan fingerprint density at radius 2 is 2.00 bits per heavy atom. The SMILES string of the molecule is COC(=O)c1ccccc1N/C=C(\C#N)c1nc(-c2ccc(Cl)cc2)cs1. The second-order valence-corrected chi connectivity index (χ2v) is 6.69. The van der Waals surface area contributed by atoms with Crippen LogP contribution in [-0.4, -0.2) is 18.1 Å². The first kappa shape index (κ1) is 18.6. The third kappa shape index (κ3) is 4.34. The number of nitriles is 1. The molecule has 3 aromatic rings. The van der Waals surface area contributed by atoms with Crippen LogP contribution in [0, 0.1) is 11.3 Å². The molecule has 0 fully saturated rings. The fourth-order valence-electron chi connectivity index (χ4n) is 2.34. The van der Waals surface area contributed by atoms with Crippen molar-refractivity contribution in [3.63, 3.8) is 0 Å². The highest BCUT2D eigenvalue weighted by atomic mass is 35.5. The van der Waals surface area contributed by atoms with Gasteiger partial charge in [-0.2, -0.15) is 5.26 Å². The molecule has 0 unspecified atom stereocenters. The van der Waals surface area contributed by atoms with Crippen LogP contribution in [0.2, 0.25) is 5.02 Å². The molecule has 1 heterocycles. The lowest BCUT2D eigenvalue weighted by molar-refractivity contribution is 0.0602. The van der Waals surface area contributed by atoms with E-state index >= 15 is 0 Å². The molecular weight excluding hydrogens is 382 g/mol. The van der Waals surface area contributed by atoms with Gasteiger partial charge >= 0.3 is 5.97 Å². The van der Waals surface area contributed by atoms with Gasteiger partial charge < -0.3 is 10.1 Å². The van der Waals surface area contributed by atoms with Gasteiger partial charge in [-0.3, -0.25) is 0 Å². The summed E-state index contributed by atoms with van der Waals surface area (Å²) < 4.78 is 4.77. The Bertz CT molecular complexity index is 1040. The highest BCUT2D eigenvalue weighted by Crippen LogP contribution is 2.27. The second kappa shape index (κ2) is 8.49. The second-order valence-electron chi connectivity index (χ2n) is 5.40. The summed E-state index contributed by atoms with van der Waals surface area (Å²) in [6, 6.07) is 16.4. The largest absolute Gasteiger partial charge is 0.465 e. The first-order valence-corrected chi connectivity index (χ1v) is 9.14. The normalized spacial score (nSPS) is 10.9. The molecule has 0 atom stereocenters. The molecule has 5 nitrogen and oxygen atoms in total. The Morgan fingerprint density at radius 3 is 2.70 bits per heavy atom. The lowest BCUT2D eigenvalue weighted by Gasteiger charge is -2.07. The van der Waals surface area contributed by atoms with Crippen molar-refractivity contribution in [3.8, 4) is 17.3 Å². The van der Waals surface area contributed by atoms with E-state index < -0.39 is 5.97 Å². The number of hydrogen-bond acceptors (Lipinski definition) is 6. The molecule has 27 heavy (non-hydrogen) atoms. The Hall–Kier alpha value is -3.14. The van der Waals surface area contributed by atoms with Crippen LogP contribution in [0.1, 0.15) is 15.4 Å². The van der Waals surface area contributed by atoms with Gasteiger partial charge in [0.05, 0.1) is 24.1 Å². The fraction of sp³-hybridized carbons (Fsp3) is 0.0500. The minimum absolute atomic E-state index is 0.361. The van der Waals surface area contributed by atoms with Crippen molar-refractivity contribution >= 4 is 40.2 Å². The molecule has 0 aliphatic heterocycles. The smallest absolute Gasteiger partial charge is 0.339 e. The summed E-state index contributed by atoms with van der Waals surface area (Å²) in [4.78, 5) is 16.4. The number of methoxy groups -OCH3 is 1. The number of halogens is 1. The topological polar surface area (TPSA) is 75.0 Å². The minimum Gasteiger partial charge on any atom is -0.465 e. The van der Waals surface area contributed by atoms with Crippen LogP contribution < -0.4 is 5.32 Å². The number of nitrogens with zero attached hydrogens (tertiary/aromatic N) is 2. The highest BCUT2D eigenvalue weighted by Gasteiger charge is 2.12. The van der Waals surface area contributed by atoms with E-state index in [4.69, 9.17) is 16.3 Å². The van der Waals surface area contributed by atoms with Crippen molar-refractivity contribution in [1.29, 1.82) is 5.26 Å². The average Bonchev–Trinajstić information content (AvgIpc) is 3.18. The molecule has 0 radical (unpaired) electrons. The van der Waals surface area contributed by atoms with Crippen LogP contribution >= 0.6 is 22.9 Å². The molecule has 7 heteroatoms. The maximum atomic E-state index is 11.8. The molecule has 0 bridgehead atoms. The molecule has 1 aromatic heterocycles. The van der Waals surface area contributed by atoms with Gasteiger partial charge in [-0.25, -0.2) is 9.78 Å². The molecule has 0 amide bonds. The number of aromatic nitrogens is 1. The molecule has 0 spiro atoms. The van der Waals surface area contributed by atoms with Crippen LogP contribution in [0.25, 0.3) is 16.8 Å². The molecule has 134 valence electrons. The number of ether oxygens (including phenoxy) is 1. The monoisotopic (exact) mass is 395 g/mol. The maximum absolute atomic E-state index is 11.8.